The summed E-state index contributed by atoms with van der Waals surface area (Å²) in [5.74, 6) is -0.983. The third kappa shape index (κ3) is 1.43. The molecule has 3 heteroatoms. The van der Waals surface area contributed by atoms with Gasteiger partial charge < -0.3 is 10.8 Å². The first kappa shape index (κ1) is 10.3. The Bertz CT molecular complexity index is 609. The molecule has 2 aromatic carbocycles. The van der Waals surface area contributed by atoms with Crippen LogP contribution < -0.4 is 5.73 Å². The Morgan fingerprint density at radius 1 is 1.18 bits per heavy atom. The minimum absolute atomic E-state index is 0.708. The van der Waals surface area contributed by atoms with E-state index in [1.807, 2.05) is 24.3 Å². The molecule has 2 aromatic rings. The van der Waals surface area contributed by atoms with Gasteiger partial charge >= 0.3 is 5.97 Å². The summed E-state index contributed by atoms with van der Waals surface area (Å²) in [5.41, 5.74) is 9.04. The number of rotatable bonds is 2. The van der Waals surface area contributed by atoms with Gasteiger partial charge in [0.25, 0.3) is 0 Å². The minimum Gasteiger partial charge on any atom is -0.480 e. The number of hydrogen-bond acceptors (Lipinski definition) is 2. The molecule has 0 fully saturated rings. The van der Waals surface area contributed by atoms with Gasteiger partial charge in [0, 0.05) is 0 Å². The molecule has 0 bridgehead atoms. The smallest absolute Gasteiger partial charge is 0.325 e. The average molecular weight is 227 g/mol. The Kier molecular flexibility index (Phi) is 2.16. The van der Waals surface area contributed by atoms with E-state index < -0.39 is 12.0 Å². The van der Waals surface area contributed by atoms with Crippen molar-refractivity contribution in [2.24, 2.45) is 5.73 Å². The first-order chi connectivity index (χ1) is 8.18. The van der Waals surface area contributed by atoms with Crippen LogP contribution in [0.4, 0.5) is 0 Å². The fraction of sp³-hybridized carbons (Fsp3) is 0.214. The van der Waals surface area contributed by atoms with Gasteiger partial charge in [-0.1, -0.05) is 30.3 Å². The second-order valence-corrected chi connectivity index (χ2v) is 4.47. The van der Waals surface area contributed by atoms with E-state index >= 15 is 0 Å². The molecule has 0 spiro atoms. The number of aliphatic carboxylic acids is 1. The van der Waals surface area contributed by atoms with Gasteiger partial charge in [-0.3, -0.25) is 4.79 Å². The summed E-state index contributed by atoms with van der Waals surface area (Å²) in [5, 5.41) is 11.2. The monoisotopic (exact) mass is 227 g/mol. The van der Waals surface area contributed by atoms with E-state index in [0.29, 0.717) is 5.56 Å². The van der Waals surface area contributed by atoms with Crippen LogP contribution in [0.5, 0.6) is 0 Å². The molecular formula is C14H13NO2. The van der Waals surface area contributed by atoms with Crippen molar-refractivity contribution in [2.75, 3.05) is 0 Å². The lowest BCUT2D eigenvalue weighted by Crippen LogP contribution is -2.20. The van der Waals surface area contributed by atoms with Gasteiger partial charge in [0.2, 0.25) is 0 Å². The second-order valence-electron chi connectivity index (χ2n) is 4.47. The quantitative estimate of drug-likeness (QED) is 0.825. The van der Waals surface area contributed by atoms with Crippen molar-refractivity contribution in [3.63, 3.8) is 0 Å². The van der Waals surface area contributed by atoms with Crippen molar-refractivity contribution < 1.29 is 9.90 Å². The van der Waals surface area contributed by atoms with E-state index in [-0.39, 0.29) is 0 Å². The molecule has 0 aliphatic heterocycles. The molecule has 86 valence electrons. The zero-order valence-corrected chi connectivity index (χ0v) is 9.31. The normalized spacial score (nSPS) is 15.1. The van der Waals surface area contributed by atoms with Gasteiger partial charge in [-0.25, -0.2) is 0 Å². The molecule has 0 saturated carbocycles. The maximum Gasteiger partial charge on any atom is 0.325 e. The zero-order chi connectivity index (χ0) is 12.0. The molecule has 0 aromatic heterocycles. The molecule has 0 amide bonds. The highest BCUT2D eigenvalue weighted by Crippen LogP contribution is 2.34. The van der Waals surface area contributed by atoms with Crippen LogP contribution in [0.15, 0.2) is 30.3 Å². The molecule has 3 N–H and O–H groups in total. The molecule has 3 rings (SSSR count). The Balaban J connectivity index is 2.32. The van der Waals surface area contributed by atoms with Crippen LogP contribution in [0, 0.1) is 0 Å². The largest absolute Gasteiger partial charge is 0.480 e. The summed E-state index contributed by atoms with van der Waals surface area (Å²) >= 11 is 0. The average Bonchev–Trinajstić information content (AvgIpc) is 2.74. The van der Waals surface area contributed by atoms with E-state index in [1.165, 1.54) is 16.5 Å². The van der Waals surface area contributed by atoms with Crippen LogP contribution in [0.2, 0.25) is 0 Å². The summed E-state index contributed by atoms with van der Waals surface area (Å²) in [6.45, 7) is 0. The summed E-state index contributed by atoms with van der Waals surface area (Å²) < 4.78 is 0. The number of carboxylic acids is 1. The van der Waals surface area contributed by atoms with Crippen LogP contribution in [0.1, 0.15) is 22.7 Å². The van der Waals surface area contributed by atoms with E-state index in [2.05, 4.69) is 6.07 Å². The van der Waals surface area contributed by atoms with Crippen molar-refractivity contribution >= 4 is 16.7 Å². The summed E-state index contributed by atoms with van der Waals surface area (Å²) in [6.07, 6.45) is 2.08. The van der Waals surface area contributed by atoms with Crippen LogP contribution in [0.25, 0.3) is 10.8 Å². The van der Waals surface area contributed by atoms with Crippen molar-refractivity contribution in [3.05, 3.63) is 47.0 Å². The van der Waals surface area contributed by atoms with Gasteiger partial charge in [0.1, 0.15) is 6.04 Å². The predicted molar refractivity (Wildman–Crippen MR) is 65.9 cm³/mol. The molecule has 0 unspecified atom stereocenters. The number of aryl methyl sites for hydroxylation is 2. The highest BCUT2D eigenvalue weighted by Gasteiger charge is 2.21. The topological polar surface area (TPSA) is 63.3 Å². The van der Waals surface area contributed by atoms with Gasteiger partial charge in [-0.05, 0) is 40.3 Å². The van der Waals surface area contributed by atoms with Crippen LogP contribution in [0.3, 0.4) is 0 Å². The molecule has 0 heterocycles. The van der Waals surface area contributed by atoms with Crippen molar-refractivity contribution in [1.82, 2.24) is 0 Å². The van der Waals surface area contributed by atoms with Gasteiger partial charge in [-0.15, -0.1) is 0 Å². The number of carbonyl (C=O) groups is 1. The standard InChI is InChI=1S/C14H13NO2/c15-13(14(16)17)11-7-6-9-5-4-8-2-1-3-10(11)12(8)9/h1-3,6-7,13H,4-5,15H2,(H,16,17)/t13-/m0/s1. The lowest BCUT2D eigenvalue weighted by molar-refractivity contribution is -0.138. The lowest BCUT2D eigenvalue weighted by Gasteiger charge is -2.12. The predicted octanol–water partition coefficient (Wildman–Crippen LogP) is 2.02. The molecule has 0 radical (unpaired) electrons. The minimum atomic E-state index is -0.983. The Labute approximate surface area is 98.9 Å². The first-order valence-electron chi connectivity index (χ1n) is 5.70. The number of hydrogen-bond donors (Lipinski definition) is 2. The van der Waals surface area contributed by atoms with Gasteiger partial charge in [0.05, 0.1) is 0 Å². The van der Waals surface area contributed by atoms with E-state index in [0.717, 1.165) is 18.2 Å². The van der Waals surface area contributed by atoms with E-state index in [9.17, 15) is 4.79 Å². The molecule has 17 heavy (non-hydrogen) atoms. The molecule has 1 aliphatic carbocycles. The fourth-order valence-electron chi connectivity index (χ4n) is 2.67. The number of nitrogens with two attached hydrogens (primary N) is 1. The molecule has 1 atom stereocenters. The first-order valence-corrected chi connectivity index (χ1v) is 5.70. The number of benzene rings is 2. The van der Waals surface area contributed by atoms with Crippen molar-refractivity contribution in [2.45, 2.75) is 18.9 Å². The van der Waals surface area contributed by atoms with Crippen LogP contribution >= 0.6 is 0 Å². The lowest BCUT2D eigenvalue weighted by atomic mass is 9.96. The zero-order valence-electron chi connectivity index (χ0n) is 9.31. The Hall–Kier alpha value is -1.87. The molecule has 0 saturated heterocycles. The highest BCUT2D eigenvalue weighted by molar-refractivity contribution is 5.95. The molecule has 1 aliphatic rings. The summed E-state index contributed by atoms with van der Waals surface area (Å²) in [6, 6.07) is 8.97. The SMILES string of the molecule is N[C@H](C(=O)O)c1ccc2c3c(cccc13)CC2. The second kappa shape index (κ2) is 3.57. The fourth-order valence-corrected chi connectivity index (χ4v) is 2.67. The van der Waals surface area contributed by atoms with Gasteiger partial charge in [-0.2, -0.15) is 0 Å². The maximum absolute atomic E-state index is 11.0. The Morgan fingerprint density at radius 3 is 2.59 bits per heavy atom. The third-order valence-electron chi connectivity index (χ3n) is 3.51. The number of carboxylic acid groups (broad SMARTS) is 1. The highest BCUT2D eigenvalue weighted by atomic mass is 16.4. The Morgan fingerprint density at radius 2 is 1.88 bits per heavy atom. The maximum atomic E-state index is 11.0. The van der Waals surface area contributed by atoms with Crippen molar-refractivity contribution in [3.8, 4) is 0 Å². The van der Waals surface area contributed by atoms with E-state index in [4.69, 9.17) is 10.8 Å². The van der Waals surface area contributed by atoms with Crippen molar-refractivity contribution in [1.29, 1.82) is 0 Å². The molecular weight excluding hydrogens is 214 g/mol. The molecule has 3 nitrogen and oxygen atoms in total. The van der Waals surface area contributed by atoms with Crippen LogP contribution in [-0.4, -0.2) is 11.1 Å². The summed E-state index contributed by atoms with van der Waals surface area (Å²) in [7, 11) is 0. The van der Waals surface area contributed by atoms with Gasteiger partial charge in [0.15, 0.2) is 0 Å². The van der Waals surface area contributed by atoms with Crippen LogP contribution in [-0.2, 0) is 17.6 Å². The van der Waals surface area contributed by atoms with E-state index in [1.54, 1.807) is 0 Å². The third-order valence-corrected chi connectivity index (χ3v) is 3.51. The summed E-state index contributed by atoms with van der Waals surface area (Å²) in [4.78, 5) is 11.0.